The summed E-state index contributed by atoms with van der Waals surface area (Å²) in [5.74, 6) is 0.395. The number of ketones is 1. The molecule has 4 rings (SSSR count). The van der Waals surface area contributed by atoms with Gasteiger partial charge >= 0.3 is 0 Å². The first kappa shape index (κ1) is 18.4. The molecule has 1 aliphatic carbocycles. The van der Waals surface area contributed by atoms with Gasteiger partial charge < -0.3 is 5.32 Å². The van der Waals surface area contributed by atoms with Gasteiger partial charge in [-0.3, -0.25) is 14.6 Å². The van der Waals surface area contributed by atoms with Crippen molar-refractivity contribution >= 4 is 28.8 Å². The minimum absolute atomic E-state index is 0.0979. The molecule has 3 aromatic rings. The third kappa shape index (κ3) is 3.97. The SMILES string of the molecule is CC(=O)c1ccc(-c2cc(Nc3ccccc3Cl)c(=O)n(CC3CC3)n2)cn1. The van der Waals surface area contributed by atoms with Crippen LogP contribution in [0.5, 0.6) is 0 Å². The summed E-state index contributed by atoms with van der Waals surface area (Å²) in [6, 6.07) is 12.4. The van der Waals surface area contributed by atoms with Crippen LogP contribution in [-0.4, -0.2) is 20.5 Å². The van der Waals surface area contributed by atoms with Gasteiger partial charge in [0.15, 0.2) is 5.78 Å². The quantitative estimate of drug-likeness (QED) is 0.630. The van der Waals surface area contributed by atoms with E-state index >= 15 is 0 Å². The van der Waals surface area contributed by atoms with E-state index in [4.69, 9.17) is 11.6 Å². The van der Waals surface area contributed by atoms with Crippen LogP contribution in [0.4, 0.5) is 11.4 Å². The van der Waals surface area contributed by atoms with Gasteiger partial charge in [-0.2, -0.15) is 5.10 Å². The molecule has 1 fully saturated rings. The van der Waals surface area contributed by atoms with E-state index in [1.54, 1.807) is 30.5 Å². The number of benzene rings is 1. The summed E-state index contributed by atoms with van der Waals surface area (Å²) in [5.41, 5.74) is 2.60. The Morgan fingerprint density at radius 3 is 2.64 bits per heavy atom. The van der Waals surface area contributed by atoms with Gasteiger partial charge in [-0.1, -0.05) is 23.7 Å². The molecule has 1 aliphatic rings. The molecule has 0 atom stereocenters. The van der Waals surface area contributed by atoms with Gasteiger partial charge in [-0.25, -0.2) is 4.68 Å². The summed E-state index contributed by atoms with van der Waals surface area (Å²) in [6.45, 7) is 2.06. The summed E-state index contributed by atoms with van der Waals surface area (Å²) in [7, 11) is 0. The zero-order valence-corrected chi connectivity index (χ0v) is 16.1. The predicted octanol–water partition coefficient (Wildman–Crippen LogP) is 4.31. The van der Waals surface area contributed by atoms with E-state index in [1.165, 1.54) is 11.6 Å². The average molecular weight is 395 g/mol. The van der Waals surface area contributed by atoms with E-state index in [0.29, 0.717) is 40.2 Å². The molecule has 2 aromatic heterocycles. The van der Waals surface area contributed by atoms with Crippen LogP contribution in [0.1, 0.15) is 30.3 Å². The van der Waals surface area contributed by atoms with Crippen LogP contribution in [0.15, 0.2) is 53.5 Å². The molecular weight excluding hydrogens is 376 g/mol. The number of aromatic nitrogens is 3. The van der Waals surface area contributed by atoms with Crippen molar-refractivity contribution in [2.75, 3.05) is 5.32 Å². The lowest BCUT2D eigenvalue weighted by Crippen LogP contribution is -2.26. The highest BCUT2D eigenvalue weighted by atomic mass is 35.5. The monoisotopic (exact) mass is 394 g/mol. The summed E-state index contributed by atoms with van der Waals surface area (Å²) in [4.78, 5) is 28.6. The lowest BCUT2D eigenvalue weighted by Gasteiger charge is -2.13. The van der Waals surface area contributed by atoms with Crippen LogP contribution < -0.4 is 10.9 Å². The third-order valence-electron chi connectivity index (χ3n) is 4.67. The molecule has 0 bridgehead atoms. The summed E-state index contributed by atoms with van der Waals surface area (Å²) < 4.78 is 1.51. The van der Waals surface area contributed by atoms with E-state index in [9.17, 15) is 9.59 Å². The van der Waals surface area contributed by atoms with Crippen LogP contribution in [0, 0.1) is 5.92 Å². The summed E-state index contributed by atoms with van der Waals surface area (Å²) >= 11 is 6.24. The lowest BCUT2D eigenvalue weighted by molar-refractivity contribution is 0.101. The van der Waals surface area contributed by atoms with Crippen LogP contribution in [0.2, 0.25) is 5.02 Å². The zero-order valence-electron chi connectivity index (χ0n) is 15.4. The zero-order chi connectivity index (χ0) is 19.7. The fraction of sp³-hybridized carbons (Fsp3) is 0.238. The van der Waals surface area contributed by atoms with Crippen molar-refractivity contribution in [2.45, 2.75) is 26.3 Å². The smallest absolute Gasteiger partial charge is 0.290 e. The number of para-hydroxylation sites is 1. The van der Waals surface area contributed by atoms with Crippen LogP contribution in [0.25, 0.3) is 11.3 Å². The van der Waals surface area contributed by atoms with E-state index in [2.05, 4.69) is 15.4 Å². The van der Waals surface area contributed by atoms with E-state index in [0.717, 1.165) is 18.4 Å². The Kier molecular flexibility index (Phi) is 4.96. The molecule has 2 heterocycles. The van der Waals surface area contributed by atoms with Crippen molar-refractivity contribution in [3.8, 4) is 11.3 Å². The van der Waals surface area contributed by atoms with Crippen molar-refractivity contribution < 1.29 is 4.79 Å². The maximum Gasteiger partial charge on any atom is 0.290 e. The molecule has 142 valence electrons. The number of nitrogens with zero attached hydrogens (tertiary/aromatic N) is 3. The average Bonchev–Trinajstić information content (AvgIpc) is 3.50. The molecule has 0 amide bonds. The number of carbonyl (C=O) groups is 1. The number of hydrogen-bond donors (Lipinski definition) is 1. The Morgan fingerprint density at radius 2 is 2.00 bits per heavy atom. The second-order valence-corrected chi connectivity index (χ2v) is 7.37. The highest BCUT2D eigenvalue weighted by Gasteiger charge is 2.24. The number of Topliss-reactive ketones (excluding diaryl/α,β-unsaturated/α-hetero) is 1. The normalized spacial score (nSPS) is 13.4. The maximum absolute atomic E-state index is 12.9. The third-order valence-corrected chi connectivity index (χ3v) is 5.00. The highest BCUT2D eigenvalue weighted by Crippen LogP contribution is 2.31. The molecular formula is C21H19ClN4O2. The maximum atomic E-state index is 12.9. The molecule has 0 saturated heterocycles. The molecule has 7 heteroatoms. The van der Waals surface area contributed by atoms with Crippen molar-refractivity contribution in [3.05, 3.63) is 69.7 Å². The van der Waals surface area contributed by atoms with Gasteiger partial charge in [0.2, 0.25) is 0 Å². The molecule has 0 radical (unpaired) electrons. The Bertz CT molecular complexity index is 1090. The minimum atomic E-state index is -0.191. The minimum Gasteiger partial charge on any atom is -0.350 e. The lowest BCUT2D eigenvalue weighted by atomic mass is 10.1. The highest BCUT2D eigenvalue weighted by molar-refractivity contribution is 6.33. The number of hydrogen-bond acceptors (Lipinski definition) is 5. The number of nitrogens with one attached hydrogen (secondary N) is 1. The Morgan fingerprint density at radius 1 is 1.21 bits per heavy atom. The van der Waals surface area contributed by atoms with Crippen molar-refractivity contribution in [2.24, 2.45) is 5.92 Å². The molecule has 1 saturated carbocycles. The molecule has 6 nitrogen and oxygen atoms in total. The second kappa shape index (κ2) is 7.56. The summed E-state index contributed by atoms with van der Waals surface area (Å²) in [5, 5.41) is 8.19. The van der Waals surface area contributed by atoms with Crippen molar-refractivity contribution in [1.29, 1.82) is 0 Å². The number of halogens is 1. The van der Waals surface area contributed by atoms with E-state index in [-0.39, 0.29) is 11.3 Å². The number of pyridine rings is 1. The fourth-order valence-electron chi connectivity index (χ4n) is 2.90. The van der Waals surface area contributed by atoms with Crippen LogP contribution in [-0.2, 0) is 6.54 Å². The van der Waals surface area contributed by atoms with Crippen molar-refractivity contribution in [1.82, 2.24) is 14.8 Å². The Balaban J connectivity index is 1.76. The topological polar surface area (TPSA) is 76.9 Å². The molecule has 0 unspecified atom stereocenters. The van der Waals surface area contributed by atoms with E-state index < -0.39 is 0 Å². The first-order valence-electron chi connectivity index (χ1n) is 9.12. The number of rotatable bonds is 6. The van der Waals surface area contributed by atoms with Gasteiger partial charge in [0, 0.05) is 25.2 Å². The van der Waals surface area contributed by atoms with Gasteiger partial charge in [0.05, 0.1) is 16.4 Å². The van der Waals surface area contributed by atoms with Crippen LogP contribution in [0.3, 0.4) is 0 Å². The standard InChI is InChI=1S/C21H19ClN4O2/c1-13(27)17-9-8-15(11-23-17)19-10-20(24-18-5-3-2-4-16(18)22)21(28)26(25-19)12-14-6-7-14/h2-5,8-11,14,24H,6-7,12H2,1H3. The number of anilines is 2. The summed E-state index contributed by atoms with van der Waals surface area (Å²) in [6.07, 6.45) is 3.82. The number of carbonyl (C=O) groups excluding carboxylic acids is 1. The Hall–Kier alpha value is -2.99. The first-order valence-corrected chi connectivity index (χ1v) is 9.50. The molecule has 1 N–H and O–H groups in total. The first-order chi connectivity index (χ1) is 13.5. The fourth-order valence-corrected chi connectivity index (χ4v) is 3.09. The molecule has 0 aliphatic heterocycles. The molecule has 1 aromatic carbocycles. The Labute approximate surface area is 167 Å². The van der Waals surface area contributed by atoms with E-state index in [1.807, 2.05) is 18.2 Å². The predicted molar refractivity (Wildman–Crippen MR) is 109 cm³/mol. The largest absolute Gasteiger partial charge is 0.350 e. The van der Waals surface area contributed by atoms with Gasteiger partial charge in [-0.05, 0) is 49.1 Å². The second-order valence-electron chi connectivity index (χ2n) is 6.97. The molecule has 0 spiro atoms. The van der Waals surface area contributed by atoms with Crippen LogP contribution >= 0.6 is 11.6 Å². The van der Waals surface area contributed by atoms with Crippen molar-refractivity contribution in [3.63, 3.8) is 0 Å². The van der Waals surface area contributed by atoms with Gasteiger partial charge in [0.1, 0.15) is 11.4 Å². The molecule has 28 heavy (non-hydrogen) atoms. The van der Waals surface area contributed by atoms with Gasteiger partial charge in [-0.15, -0.1) is 0 Å². The van der Waals surface area contributed by atoms with Gasteiger partial charge in [0.25, 0.3) is 5.56 Å².